The van der Waals surface area contributed by atoms with Gasteiger partial charge in [0.1, 0.15) is 0 Å². The lowest BCUT2D eigenvalue weighted by Crippen LogP contribution is -2.52. The SMILES string of the molecule is CSCC1CN(C(=O)Nc2cc3n(n2)CCC3)C1. The summed E-state index contributed by atoms with van der Waals surface area (Å²) in [6.07, 6.45) is 4.34. The maximum absolute atomic E-state index is 11.9. The Hall–Kier alpha value is -1.17. The van der Waals surface area contributed by atoms with Gasteiger partial charge >= 0.3 is 6.03 Å². The van der Waals surface area contributed by atoms with Crippen LogP contribution in [-0.2, 0) is 13.0 Å². The second kappa shape index (κ2) is 4.84. The van der Waals surface area contributed by atoms with Gasteiger partial charge in [-0.1, -0.05) is 0 Å². The molecule has 18 heavy (non-hydrogen) atoms. The number of aryl methyl sites for hydroxylation is 2. The predicted octanol–water partition coefficient (Wildman–Crippen LogP) is 1.66. The van der Waals surface area contributed by atoms with Crippen LogP contribution in [0.1, 0.15) is 12.1 Å². The van der Waals surface area contributed by atoms with Crippen LogP contribution < -0.4 is 5.32 Å². The average Bonchev–Trinajstić information content (AvgIpc) is 2.82. The number of amides is 2. The zero-order chi connectivity index (χ0) is 12.5. The van der Waals surface area contributed by atoms with E-state index in [4.69, 9.17) is 0 Å². The first-order valence-corrected chi connectivity index (χ1v) is 7.77. The van der Waals surface area contributed by atoms with Crippen molar-refractivity contribution >= 4 is 23.6 Å². The second-order valence-corrected chi connectivity index (χ2v) is 5.91. The molecule has 1 fully saturated rings. The summed E-state index contributed by atoms with van der Waals surface area (Å²) in [5.74, 6) is 2.50. The summed E-state index contributed by atoms with van der Waals surface area (Å²) in [5, 5.41) is 7.27. The van der Waals surface area contributed by atoms with Gasteiger partial charge in [0.2, 0.25) is 0 Å². The van der Waals surface area contributed by atoms with Gasteiger partial charge < -0.3 is 4.90 Å². The first-order chi connectivity index (χ1) is 8.76. The largest absolute Gasteiger partial charge is 0.324 e. The molecule has 6 heteroatoms. The van der Waals surface area contributed by atoms with Gasteiger partial charge in [0.15, 0.2) is 5.82 Å². The van der Waals surface area contributed by atoms with E-state index in [1.807, 2.05) is 27.4 Å². The van der Waals surface area contributed by atoms with Crippen molar-refractivity contribution < 1.29 is 4.79 Å². The molecule has 5 nitrogen and oxygen atoms in total. The lowest BCUT2D eigenvalue weighted by Gasteiger charge is -2.38. The Morgan fingerprint density at radius 2 is 2.44 bits per heavy atom. The molecule has 2 aliphatic heterocycles. The summed E-state index contributed by atoms with van der Waals surface area (Å²) in [5.41, 5.74) is 1.23. The van der Waals surface area contributed by atoms with Gasteiger partial charge in [0.25, 0.3) is 0 Å². The number of carbonyl (C=O) groups is 1. The van der Waals surface area contributed by atoms with Gasteiger partial charge in [-0.25, -0.2) is 4.79 Å². The van der Waals surface area contributed by atoms with Crippen molar-refractivity contribution in [2.24, 2.45) is 5.92 Å². The van der Waals surface area contributed by atoms with E-state index in [9.17, 15) is 4.79 Å². The number of urea groups is 1. The summed E-state index contributed by atoms with van der Waals surface area (Å²) < 4.78 is 1.99. The van der Waals surface area contributed by atoms with E-state index in [1.165, 1.54) is 12.1 Å². The number of anilines is 1. The lowest BCUT2D eigenvalue weighted by atomic mass is 10.0. The van der Waals surface area contributed by atoms with Gasteiger partial charge in [-0.05, 0) is 24.9 Å². The number of likely N-dealkylation sites (tertiary alicyclic amines) is 1. The number of rotatable bonds is 3. The molecule has 0 unspecified atom stereocenters. The Bertz CT molecular complexity index is 431. The number of aromatic nitrogens is 2. The van der Waals surface area contributed by atoms with Crippen molar-refractivity contribution in [3.8, 4) is 0 Å². The quantitative estimate of drug-likeness (QED) is 0.905. The van der Waals surface area contributed by atoms with Gasteiger partial charge in [-0.15, -0.1) is 0 Å². The number of hydrogen-bond acceptors (Lipinski definition) is 3. The summed E-state index contributed by atoms with van der Waals surface area (Å²) in [4.78, 5) is 13.8. The van der Waals surface area contributed by atoms with E-state index in [2.05, 4.69) is 16.7 Å². The molecule has 0 aliphatic carbocycles. The van der Waals surface area contributed by atoms with Crippen LogP contribution >= 0.6 is 11.8 Å². The van der Waals surface area contributed by atoms with Crippen molar-refractivity contribution in [1.29, 1.82) is 0 Å². The Labute approximate surface area is 111 Å². The van der Waals surface area contributed by atoms with Crippen LogP contribution in [0.4, 0.5) is 10.6 Å². The van der Waals surface area contributed by atoms with Crippen LogP contribution in [0, 0.1) is 5.92 Å². The van der Waals surface area contributed by atoms with E-state index in [1.54, 1.807) is 0 Å². The van der Waals surface area contributed by atoms with Gasteiger partial charge in [-0.3, -0.25) is 10.00 Å². The normalized spacial score (nSPS) is 18.6. The maximum Gasteiger partial charge on any atom is 0.323 e. The molecule has 1 aromatic rings. The highest BCUT2D eigenvalue weighted by Crippen LogP contribution is 2.21. The van der Waals surface area contributed by atoms with E-state index >= 15 is 0 Å². The van der Waals surface area contributed by atoms with E-state index in [0.29, 0.717) is 11.7 Å². The molecular weight excluding hydrogens is 248 g/mol. The van der Waals surface area contributed by atoms with Crippen molar-refractivity contribution in [1.82, 2.24) is 14.7 Å². The average molecular weight is 266 g/mol. The van der Waals surface area contributed by atoms with Crippen LogP contribution in [0.5, 0.6) is 0 Å². The molecule has 1 saturated heterocycles. The van der Waals surface area contributed by atoms with Gasteiger partial charge in [0.05, 0.1) is 0 Å². The fraction of sp³-hybridized carbons (Fsp3) is 0.667. The smallest absolute Gasteiger partial charge is 0.323 e. The van der Waals surface area contributed by atoms with Crippen LogP contribution in [0.25, 0.3) is 0 Å². The van der Waals surface area contributed by atoms with Crippen LogP contribution in [0.3, 0.4) is 0 Å². The molecule has 3 heterocycles. The topological polar surface area (TPSA) is 50.2 Å². The number of carbonyl (C=O) groups excluding carboxylic acids is 1. The van der Waals surface area contributed by atoms with Gasteiger partial charge in [-0.2, -0.15) is 16.9 Å². The molecule has 0 saturated carbocycles. The Morgan fingerprint density at radius 3 is 3.17 bits per heavy atom. The van der Waals surface area contributed by atoms with Crippen molar-refractivity contribution in [3.63, 3.8) is 0 Å². The molecule has 0 bridgehead atoms. The summed E-state index contributed by atoms with van der Waals surface area (Å²) in [7, 11) is 0. The van der Waals surface area contributed by atoms with Crippen molar-refractivity contribution in [2.75, 3.05) is 30.4 Å². The lowest BCUT2D eigenvalue weighted by molar-refractivity contribution is 0.143. The monoisotopic (exact) mass is 266 g/mol. The number of nitrogens with one attached hydrogen (secondary N) is 1. The third-order valence-corrected chi connectivity index (χ3v) is 4.35. The Kier molecular flexibility index (Phi) is 3.20. The number of hydrogen-bond donors (Lipinski definition) is 1. The highest BCUT2D eigenvalue weighted by atomic mass is 32.2. The number of thioether (sulfide) groups is 1. The van der Waals surface area contributed by atoms with Crippen molar-refractivity contribution in [2.45, 2.75) is 19.4 Å². The third kappa shape index (κ3) is 2.21. The molecule has 0 aromatic carbocycles. The van der Waals surface area contributed by atoms with Crippen molar-refractivity contribution in [3.05, 3.63) is 11.8 Å². The molecule has 3 rings (SSSR count). The molecule has 0 spiro atoms. The Balaban J connectivity index is 1.52. The van der Waals surface area contributed by atoms with Crippen LogP contribution in [0.15, 0.2) is 6.07 Å². The second-order valence-electron chi connectivity index (χ2n) is 5.00. The minimum absolute atomic E-state index is 0.0101. The van der Waals surface area contributed by atoms with E-state index in [0.717, 1.165) is 31.8 Å². The minimum atomic E-state index is -0.0101. The molecule has 0 radical (unpaired) electrons. The standard InChI is InChI=1S/C12H18N4OS/c1-18-8-9-6-15(7-9)12(17)13-11-5-10-3-2-4-16(10)14-11/h5,9H,2-4,6-8H2,1H3,(H,13,14,17). The molecule has 1 N–H and O–H groups in total. The minimum Gasteiger partial charge on any atom is -0.324 e. The first kappa shape index (κ1) is 11.9. The Morgan fingerprint density at radius 1 is 1.61 bits per heavy atom. The van der Waals surface area contributed by atoms with Gasteiger partial charge in [0, 0.05) is 37.3 Å². The highest BCUT2D eigenvalue weighted by molar-refractivity contribution is 7.98. The maximum atomic E-state index is 11.9. The summed E-state index contributed by atoms with van der Waals surface area (Å²) in [6, 6.07) is 1.98. The first-order valence-electron chi connectivity index (χ1n) is 6.38. The zero-order valence-corrected chi connectivity index (χ0v) is 11.4. The van der Waals surface area contributed by atoms with Crippen LogP contribution in [-0.4, -0.2) is 45.8 Å². The van der Waals surface area contributed by atoms with Crippen LogP contribution in [0.2, 0.25) is 0 Å². The van der Waals surface area contributed by atoms with E-state index < -0.39 is 0 Å². The fourth-order valence-electron chi connectivity index (χ4n) is 2.59. The predicted molar refractivity (Wildman–Crippen MR) is 73.0 cm³/mol. The third-order valence-electron chi connectivity index (χ3n) is 3.55. The summed E-state index contributed by atoms with van der Waals surface area (Å²) in [6.45, 7) is 2.73. The summed E-state index contributed by atoms with van der Waals surface area (Å²) >= 11 is 1.85. The molecule has 2 amide bonds. The zero-order valence-electron chi connectivity index (χ0n) is 10.6. The van der Waals surface area contributed by atoms with E-state index in [-0.39, 0.29) is 6.03 Å². The highest BCUT2D eigenvalue weighted by Gasteiger charge is 2.30. The molecule has 1 aromatic heterocycles. The molecule has 2 aliphatic rings. The molecular formula is C12H18N4OS. The molecule has 98 valence electrons. The number of nitrogens with zero attached hydrogens (tertiary/aromatic N) is 3. The fourth-order valence-corrected chi connectivity index (χ4v) is 3.27. The number of fused-ring (bicyclic) bond motifs is 1. The molecule has 0 atom stereocenters.